The Bertz CT molecular complexity index is 681. The smallest absolute Gasteiger partial charge is 0.410 e. The number of hydrogen-bond donors (Lipinski definition) is 3. The molecule has 1 saturated heterocycles. The van der Waals surface area contributed by atoms with Crippen molar-refractivity contribution in [1.82, 2.24) is 15.5 Å². The van der Waals surface area contributed by atoms with Crippen molar-refractivity contribution >= 4 is 17.9 Å². The van der Waals surface area contributed by atoms with Crippen LogP contribution >= 0.6 is 0 Å². The Morgan fingerprint density at radius 1 is 1.24 bits per heavy atom. The molecule has 0 saturated carbocycles. The molecule has 2 atom stereocenters. The average Bonchev–Trinajstić information content (AvgIpc) is 3.16. The summed E-state index contributed by atoms with van der Waals surface area (Å²) in [5.74, 6) is -0.541. The van der Waals surface area contributed by atoms with Crippen molar-refractivity contribution in [1.29, 1.82) is 0 Å². The zero-order valence-corrected chi connectivity index (χ0v) is 17.2. The summed E-state index contributed by atoms with van der Waals surface area (Å²) in [5.41, 5.74) is 6.05. The van der Waals surface area contributed by atoms with Crippen LogP contribution in [-0.2, 0) is 20.9 Å². The zero-order valence-electron chi connectivity index (χ0n) is 17.2. The first-order valence-electron chi connectivity index (χ1n) is 10.1. The number of benzene rings is 1. The van der Waals surface area contributed by atoms with Gasteiger partial charge in [-0.05, 0) is 30.7 Å². The van der Waals surface area contributed by atoms with E-state index in [1.807, 2.05) is 44.2 Å². The predicted molar refractivity (Wildman–Crippen MR) is 110 cm³/mol. The van der Waals surface area contributed by atoms with Crippen molar-refractivity contribution in [2.75, 3.05) is 19.6 Å². The largest absolute Gasteiger partial charge is 0.445 e. The molecule has 160 valence electrons. The molecule has 8 heteroatoms. The number of primary amides is 1. The van der Waals surface area contributed by atoms with Gasteiger partial charge in [0.25, 0.3) is 0 Å². The van der Waals surface area contributed by atoms with Crippen LogP contribution in [0.1, 0.15) is 38.7 Å². The molecule has 1 heterocycles. The van der Waals surface area contributed by atoms with Gasteiger partial charge in [0.1, 0.15) is 6.61 Å². The summed E-state index contributed by atoms with van der Waals surface area (Å²) in [6.07, 6.45) is 2.03. The van der Waals surface area contributed by atoms with Crippen LogP contribution in [0.25, 0.3) is 0 Å². The number of nitrogens with one attached hydrogen (secondary N) is 2. The number of hydrogen-bond acceptors (Lipinski definition) is 5. The first-order valence-corrected chi connectivity index (χ1v) is 10.1. The molecule has 1 fully saturated rings. The fourth-order valence-corrected chi connectivity index (χ4v) is 3.42. The van der Waals surface area contributed by atoms with Crippen LogP contribution in [0.5, 0.6) is 0 Å². The van der Waals surface area contributed by atoms with Crippen LogP contribution in [0.15, 0.2) is 30.3 Å². The van der Waals surface area contributed by atoms with Gasteiger partial charge in [0, 0.05) is 19.1 Å². The van der Waals surface area contributed by atoms with Gasteiger partial charge in [0.15, 0.2) is 0 Å². The molecule has 0 aliphatic carbocycles. The topological polar surface area (TPSA) is 114 Å². The number of carbonyl (C=O) groups excluding carboxylic acids is 3. The molecule has 1 aromatic rings. The van der Waals surface area contributed by atoms with E-state index in [0.29, 0.717) is 25.4 Å². The van der Waals surface area contributed by atoms with Gasteiger partial charge in [-0.25, -0.2) is 4.79 Å². The molecule has 2 rings (SSSR count). The fraction of sp³-hybridized carbons (Fsp3) is 0.571. The van der Waals surface area contributed by atoms with Crippen LogP contribution < -0.4 is 16.4 Å². The molecule has 0 spiro atoms. The maximum Gasteiger partial charge on any atom is 0.410 e. The standard InChI is InChI=1S/C21H32N4O4/c1-15(2)11-18(20(27)24-13-19(22)26)23-12-17-9-6-10-25(17)21(28)29-14-16-7-4-3-5-8-16/h3-5,7-8,15,17-18,23H,6,9-14H2,1-2H3,(H2,22,26)(H,24,27)/t17-,18-/m0/s1. The Hall–Kier alpha value is -2.61. The summed E-state index contributed by atoms with van der Waals surface area (Å²) >= 11 is 0. The molecule has 8 nitrogen and oxygen atoms in total. The zero-order chi connectivity index (χ0) is 21.2. The van der Waals surface area contributed by atoms with E-state index in [9.17, 15) is 14.4 Å². The molecular weight excluding hydrogens is 372 g/mol. The molecule has 1 aromatic carbocycles. The second kappa shape index (κ2) is 11.4. The molecule has 29 heavy (non-hydrogen) atoms. The first kappa shape index (κ1) is 22.7. The predicted octanol–water partition coefficient (Wildman–Crippen LogP) is 1.39. The minimum atomic E-state index is -0.579. The molecule has 0 radical (unpaired) electrons. The quantitative estimate of drug-likeness (QED) is 0.545. The Kier molecular flexibility index (Phi) is 8.92. The fourth-order valence-electron chi connectivity index (χ4n) is 3.42. The number of carbonyl (C=O) groups is 3. The number of ether oxygens (including phenoxy) is 1. The SMILES string of the molecule is CC(C)C[C@H](NC[C@@H]1CCCN1C(=O)OCc1ccccc1)C(=O)NCC(N)=O. The third-order valence-electron chi connectivity index (χ3n) is 4.88. The van der Waals surface area contributed by atoms with E-state index >= 15 is 0 Å². The number of rotatable bonds is 10. The minimum absolute atomic E-state index is 0.0307. The highest BCUT2D eigenvalue weighted by Gasteiger charge is 2.31. The summed E-state index contributed by atoms with van der Waals surface area (Å²) in [6, 6.07) is 9.08. The van der Waals surface area contributed by atoms with Crippen molar-refractivity contribution in [3.63, 3.8) is 0 Å². The highest BCUT2D eigenvalue weighted by Crippen LogP contribution is 2.19. The number of nitrogens with zero attached hydrogens (tertiary/aromatic N) is 1. The third-order valence-corrected chi connectivity index (χ3v) is 4.88. The highest BCUT2D eigenvalue weighted by atomic mass is 16.6. The Balaban J connectivity index is 1.87. The summed E-state index contributed by atoms with van der Waals surface area (Å²) in [5, 5.41) is 5.82. The summed E-state index contributed by atoms with van der Waals surface area (Å²) in [6.45, 7) is 5.24. The van der Waals surface area contributed by atoms with Gasteiger partial charge in [-0.15, -0.1) is 0 Å². The number of nitrogens with two attached hydrogens (primary N) is 1. The van der Waals surface area contributed by atoms with E-state index in [4.69, 9.17) is 10.5 Å². The van der Waals surface area contributed by atoms with Gasteiger partial charge >= 0.3 is 6.09 Å². The van der Waals surface area contributed by atoms with Crippen LogP contribution in [0, 0.1) is 5.92 Å². The lowest BCUT2D eigenvalue weighted by Crippen LogP contribution is -2.51. The maximum absolute atomic E-state index is 12.5. The summed E-state index contributed by atoms with van der Waals surface area (Å²) < 4.78 is 5.45. The molecule has 0 unspecified atom stereocenters. The third kappa shape index (κ3) is 7.73. The lowest BCUT2D eigenvalue weighted by atomic mass is 10.0. The van der Waals surface area contributed by atoms with E-state index < -0.39 is 11.9 Å². The average molecular weight is 405 g/mol. The van der Waals surface area contributed by atoms with E-state index in [1.165, 1.54) is 0 Å². The number of likely N-dealkylation sites (tertiary alicyclic amines) is 1. The second-order valence-corrected chi connectivity index (χ2v) is 7.80. The van der Waals surface area contributed by atoms with Gasteiger partial charge in [0.2, 0.25) is 11.8 Å². The van der Waals surface area contributed by atoms with Gasteiger partial charge in [-0.2, -0.15) is 0 Å². The van der Waals surface area contributed by atoms with Crippen molar-refractivity contribution in [3.8, 4) is 0 Å². The van der Waals surface area contributed by atoms with Crippen molar-refractivity contribution < 1.29 is 19.1 Å². The maximum atomic E-state index is 12.5. The van der Waals surface area contributed by atoms with Gasteiger partial charge in [-0.3, -0.25) is 9.59 Å². The summed E-state index contributed by atoms with van der Waals surface area (Å²) in [7, 11) is 0. The number of amides is 3. The van der Waals surface area contributed by atoms with Crippen LogP contribution in [0.2, 0.25) is 0 Å². The molecule has 4 N–H and O–H groups in total. The molecule has 1 aliphatic rings. The monoisotopic (exact) mass is 404 g/mol. The Morgan fingerprint density at radius 3 is 2.62 bits per heavy atom. The molecule has 3 amide bonds. The van der Waals surface area contributed by atoms with E-state index in [-0.39, 0.29) is 31.2 Å². The van der Waals surface area contributed by atoms with Crippen molar-refractivity contribution in [2.45, 2.75) is 51.8 Å². The molecule has 0 bridgehead atoms. The van der Waals surface area contributed by atoms with E-state index in [2.05, 4.69) is 10.6 Å². The van der Waals surface area contributed by atoms with E-state index in [1.54, 1.807) is 4.90 Å². The van der Waals surface area contributed by atoms with Crippen LogP contribution in [0.4, 0.5) is 4.79 Å². The van der Waals surface area contributed by atoms with E-state index in [0.717, 1.165) is 18.4 Å². The molecular formula is C21H32N4O4. The minimum Gasteiger partial charge on any atom is -0.445 e. The van der Waals surface area contributed by atoms with Gasteiger partial charge in [-0.1, -0.05) is 44.2 Å². The summed E-state index contributed by atoms with van der Waals surface area (Å²) in [4.78, 5) is 37.5. The van der Waals surface area contributed by atoms with Crippen molar-refractivity contribution in [3.05, 3.63) is 35.9 Å². The first-order chi connectivity index (χ1) is 13.9. The van der Waals surface area contributed by atoms with Gasteiger partial charge < -0.3 is 26.0 Å². The molecule has 1 aliphatic heterocycles. The lowest BCUT2D eigenvalue weighted by molar-refractivity contribution is -0.126. The normalized spacial score (nSPS) is 17.2. The second-order valence-electron chi connectivity index (χ2n) is 7.80. The Labute approximate surface area is 172 Å². The lowest BCUT2D eigenvalue weighted by Gasteiger charge is -2.27. The van der Waals surface area contributed by atoms with Crippen molar-refractivity contribution in [2.24, 2.45) is 11.7 Å². The highest BCUT2D eigenvalue weighted by molar-refractivity contribution is 5.86. The van der Waals surface area contributed by atoms with Crippen LogP contribution in [-0.4, -0.2) is 54.5 Å². The Morgan fingerprint density at radius 2 is 1.97 bits per heavy atom. The van der Waals surface area contributed by atoms with Gasteiger partial charge in [0.05, 0.1) is 12.6 Å². The molecule has 0 aromatic heterocycles. The van der Waals surface area contributed by atoms with Crippen LogP contribution in [0.3, 0.4) is 0 Å².